The fraction of sp³-hybridized carbons (Fsp3) is 0.353. The zero-order valence-electron chi connectivity index (χ0n) is 13.7. The van der Waals surface area contributed by atoms with Gasteiger partial charge in [-0.25, -0.2) is 5.10 Å². The minimum absolute atomic E-state index is 0.108. The second-order valence-corrected chi connectivity index (χ2v) is 5.83. The molecular formula is C17H20N4O3. The van der Waals surface area contributed by atoms with Crippen LogP contribution >= 0.6 is 0 Å². The van der Waals surface area contributed by atoms with E-state index in [2.05, 4.69) is 22.1 Å². The molecule has 24 heavy (non-hydrogen) atoms. The van der Waals surface area contributed by atoms with E-state index in [-0.39, 0.29) is 23.2 Å². The molecule has 1 aromatic carbocycles. The lowest BCUT2D eigenvalue weighted by Gasteiger charge is -2.39. The fourth-order valence-electron chi connectivity index (χ4n) is 2.87. The number of benzene rings is 1. The Morgan fingerprint density at radius 3 is 2.58 bits per heavy atom. The van der Waals surface area contributed by atoms with E-state index in [1.54, 1.807) is 12.0 Å². The Morgan fingerprint density at radius 1 is 1.21 bits per heavy atom. The van der Waals surface area contributed by atoms with Gasteiger partial charge in [0.2, 0.25) is 0 Å². The molecule has 0 unspecified atom stereocenters. The van der Waals surface area contributed by atoms with E-state index in [0.717, 1.165) is 17.9 Å². The summed E-state index contributed by atoms with van der Waals surface area (Å²) in [4.78, 5) is 27.7. The highest BCUT2D eigenvalue weighted by Gasteiger charge is 2.29. The van der Waals surface area contributed by atoms with Gasteiger partial charge in [-0.1, -0.05) is 12.1 Å². The number of H-pyrrole nitrogens is 1. The smallest absolute Gasteiger partial charge is 0.274 e. The maximum Gasteiger partial charge on any atom is 0.274 e. The van der Waals surface area contributed by atoms with Gasteiger partial charge in [-0.2, -0.15) is 5.10 Å². The van der Waals surface area contributed by atoms with Crippen molar-refractivity contribution in [3.63, 3.8) is 0 Å². The van der Waals surface area contributed by atoms with E-state index < -0.39 is 0 Å². The molecule has 1 fully saturated rings. The van der Waals surface area contributed by atoms with Gasteiger partial charge in [0.1, 0.15) is 11.4 Å². The van der Waals surface area contributed by atoms with Gasteiger partial charge in [0.05, 0.1) is 13.2 Å². The average Bonchev–Trinajstić information content (AvgIpc) is 2.62. The van der Waals surface area contributed by atoms with Gasteiger partial charge >= 0.3 is 0 Å². The Bertz CT molecular complexity index is 752. The van der Waals surface area contributed by atoms with E-state index in [9.17, 15) is 9.59 Å². The lowest BCUT2D eigenvalue weighted by molar-refractivity contribution is 0.0539. The number of likely N-dealkylation sites (N-methyl/N-ethyl adjacent to an activating group) is 1. The van der Waals surface area contributed by atoms with Crippen molar-refractivity contribution in [2.75, 3.05) is 33.8 Å². The van der Waals surface area contributed by atoms with Crippen LogP contribution in [0.1, 0.15) is 22.1 Å². The summed E-state index contributed by atoms with van der Waals surface area (Å²) in [6.07, 6.45) is 0. The molecule has 0 bridgehead atoms. The van der Waals surface area contributed by atoms with E-state index in [1.807, 2.05) is 24.3 Å². The molecule has 1 aliphatic heterocycles. The second kappa shape index (κ2) is 6.84. The molecule has 7 nitrogen and oxygen atoms in total. The first-order valence-corrected chi connectivity index (χ1v) is 7.77. The summed E-state index contributed by atoms with van der Waals surface area (Å²) in [7, 11) is 3.69. The number of methoxy groups -OCH3 is 1. The number of nitrogens with zero attached hydrogens (tertiary/aromatic N) is 3. The SMILES string of the molecule is COc1ccc([C@@H]2CN(C(=O)c3ccc(=O)[nH]n3)CCN2C)cc1. The standard InChI is InChI=1S/C17H20N4O3/c1-20-9-10-21(17(23)14-7-8-16(22)19-18-14)11-15(20)12-3-5-13(24-2)6-4-12/h3-8,15H,9-11H2,1-2H3,(H,19,22)/t15-/m0/s1. The summed E-state index contributed by atoms with van der Waals surface area (Å²) in [5.41, 5.74) is 1.07. The molecule has 1 aliphatic rings. The normalized spacial score (nSPS) is 18.4. The van der Waals surface area contributed by atoms with E-state index >= 15 is 0 Å². The van der Waals surface area contributed by atoms with Crippen molar-refractivity contribution in [3.8, 4) is 5.75 Å². The summed E-state index contributed by atoms with van der Waals surface area (Å²) in [5.74, 6) is 0.639. The highest BCUT2D eigenvalue weighted by molar-refractivity contribution is 5.92. The van der Waals surface area contributed by atoms with Gasteiger partial charge in [0, 0.05) is 25.7 Å². The number of ether oxygens (including phenoxy) is 1. The molecule has 0 saturated carbocycles. The van der Waals surface area contributed by atoms with E-state index in [4.69, 9.17) is 4.74 Å². The minimum atomic E-state index is -0.318. The predicted molar refractivity (Wildman–Crippen MR) is 89.1 cm³/mol. The molecule has 126 valence electrons. The maximum absolute atomic E-state index is 12.6. The molecule has 2 aromatic rings. The van der Waals surface area contributed by atoms with Crippen LogP contribution in [0.4, 0.5) is 0 Å². The zero-order chi connectivity index (χ0) is 17.1. The van der Waals surface area contributed by atoms with Crippen molar-refractivity contribution in [2.45, 2.75) is 6.04 Å². The Kier molecular flexibility index (Phi) is 4.61. The first-order chi connectivity index (χ1) is 11.6. The predicted octanol–water partition coefficient (Wildman–Crippen LogP) is 0.907. The molecule has 1 aromatic heterocycles. The molecule has 1 saturated heterocycles. The minimum Gasteiger partial charge on any atom is -0.497 e. The van der Waals surface area contributed by atoms with Crippen LogP contribution in [-0.2, 0) is 0 Å². The lowest BCUT2D eigenvalue weighted by atomic mass is 10.0. The summed E-state index contributed by atoms with van der Waals surface area (Å²) >= 11 is 0. The highest BCUT2D eigenvalue weighted by Crippen LogP contribution is 2.26. The van der Waals surface area contributed by atoms with Crippen LogP contribution < -0.4 is 10.3 Å². The van der Waals surface area contributed by atoms with Gasteiger partial charge in [0.15, 0.2) is 0 Å². The van der Waals surface area contributed by atoms with Gasteiger partial charge in [-0.05, 0) is 30.8 Å². The molecule has 2 heterocycles. The Morgan fingerprint density at radius 2 is 1.96 bits per heavy atom. The molecule has 1 atom stereocenters. The van der Waals surface area contributed by atoms with Gasteiger partial charge in [0.25, 0.3) is 11.5 Å². The van der Waals surface area contributed by atoms with Crippen molar-refractivity contribution < 1.29 is 9.53 Å². The van der Waals surface area contributed by atoms with Crippen molar-refractivity contribution in [1.82, 2.24) is 20.0 Å². The number of nitrogens with one attached hydrogen (secondary N) is 1. The molecule has 0 radical (unpaired) electrons. The number of hydrogen-bond donors (Lipinski definition) is 1. The van der Waals surface area contributed by atoms with Crippen LogP contribution in [0.25, 0.3) is 0 Å². The molecule has 0 spiro atoms. The zero-order valence-corrected chi connectivity index (χ0v) is 13.7. The first kappa shape index (κ1) is 16.2. The number of carbonyl (C=O) groups is 1. The number of aromatic nitrogens is 2. The quantitative estimate of drug-likeness (QED) is 0.906. The average molecular weight is 328 g/mol. The molecule has 3 rings (SSSR count). The monoisotopic (exact) mass is 328 g/mol. The third-order valence-corrected chi connectivity index (χ3v) is 4.33. The largest absolute Gasteiger partial charge is 0.497 e. The van der Waals surface area contributed by atoms with Crippen molar-refractivity contribution >= 4 is 5.91 Å². The Balaban J connectivity index is 1.78. The summed E-state index contributed by atoms with van der Waals surface area (Å²) < 4.78 is 5.19. The van der Waals surface area contributed by atoms with Crippen molar-refractivity contribution in [1.29, 1.82) is 0 Å². The van der Waals surface area contributed by atoms with Crippen LogP contribution in [0.5, 0.6) is 5.75 Å². The molecule has 7 heteroatoms. The summed E-state index contributed by atoms with van der Waals surface area (Å²) in [6.45, 7) is 1.97. The van der Waals surface area contributed by atoms with Gasteiger partial charge < -0.3 is 9.64 Å². The number of amides is 1. The number of carbonyl (C=O) groups excluding carboxylic acids is 1. The van der Waals surface area contributed by atoms with Crippen molar-refractivity contribution in [3.05, 3.63) is 58.0 Å². The molecule has 0 aliphatic carbocycles. The Hall–Kier alpha value is -2.67. The molecule has 1 N–H and O–H groups in total. The summed E-state index contributed by atoms with van der Waals surface area (Å²) in [6, 6.07) is 10.8. The number of rotatable bonds is 3. The lowest BCUT2D eigenvalue weighted by Crippen LogP contribution is -2.49. The maximum atomic E-state index is 12.6. The number of aromatic amines is 1. The van der Waals surface area contributed by atoms with Crippen LogP contribution in [0.15, 0.2) is 41.2 Å². The van der Waals surface area contributed by atoms with Crippen LogP contribution in [0.2, 0.25) is 0 Å². The topological polar surface area (TPSA) is 78.5 Å². The summed E-state index contributed by atoms with van der Waals surface area (Å²) in [5, 5.41) is 6.14. The Labute approximate surface area is 139 Å². The van der Waals surface area contributed by atoms with Crippen LogP contribution in [-0.4, -0.2) is 59.7 Å². The number of piperazine rings is 1. The molecule has 1 amide bonds. The van der Waals surface area contributed by atoms with E-state index in [1.165, 1.54) is 12.1 Å². The van der Waals surface area contributed by atoms with Gasteiger partial charge in [-0.3, -0.25) is 14.5 Å². The molecular weight excluding hydrogens is 308 g/mol. The van der Waals surface area contributed by atoms with Gasteiger partial charge in [-0.15, -0.1) is 0 Å². The fourth-order valence-corrected chi connectivity index (χ4v) is 2.87. The van der Waals surface area contributed by atoms with E-state index in [0.29, 0.717) is 13.1 Å². The first-order valence-electron chi connectivity index (χ1n) is 7.77. The van der Waals surface area contributed by atoms with Crippen LogP contribution in [0.3, 0.4) is 0 Å². The van der Waals surface area contributed by atoms with Crippen LogP contribution in [0, 0.1) is 0 Å². The number of hydrogen-bond acceptors (Lipinski definition) is 5. The third-order valence-electron chi connectivity index (χ3n) is 4.33. The second-order valence-electron chi connectivity index (χ2n) is 5.83. The third kappa shape index (κ3) is 3.30. The highest BCUT2D eigenvalue weighted by atomic mass is 16.5. The van der Waals surface area contributed by atoms with Crippen molar-refractivity contribution in [2.24, 2.45) is 0 Å².